The van der Waals surface area contributed by atoms with Gasteiger partial charge in [-0.3, -0.25) is 0 Å². The van der Waals surface area contributed by atoms with Crippen LogP contribution in [-0.2, 0) is 0 Å². The van der Waals surface area contributed by atoms with Crippen LogP contribution in [0.5, 0.6) is 0 Å². The zero-order chi connectivity index (χ0) is 8.27. The Morgan fingerprint density at radius 2 is 1.91 bits per heavy atom. The standard InChI is InChI=1S/C7H15N3O/c8-7(9)10-5-3-1-2-4-6(5)11/h5-6,11H,1-4H2,(H4,8,9,10). The monoisotopic (exact) mass is 157 g/mol. The second kappa shape index (κ2) is 3.57. The van der Waals surface area contributed by atoms with Crippen molar-refractivity contribution < 1.29 is 5.11 Å². The molecule has 4 nitrogen and oxygen atoms in total. The Kier molecular flexibility index (Phi) is 2.70. The number of guanidine groups is 1. The van der Waals surface area contributed by atoms with Crippen LogP contribution in [0.3, 0.4) is 0 Å². The largest absolute Gasteiger partial charge is 0.391 e. The van der Waals surface area contributed by atoms with Crippen molar-refractivity contribution in [3.63, 3.8) is 0 Å². The molecule has 0 spiro atoms. The molecule has 64 valence electrons. The van der Waals surface area contributed by atoms with Crippen molar-refractivity contribution in [3.05, 3.63) is 0 Å². The molecule has 2 unspecified atom stereocenters. The number of hydrogen-bond acceptors (Lipinski definition) is 2. The van der Waals surface area contributed by atoms with Gasteiger partial charge in [0.2, 0.25) is 0 Å². The van der Waals surface area contributed by atoms with E-state index in [1.54, 1.807) is 0 Å². The molecule has 0 amide bonds. The van der Waals surface area contributed by atoms with E-state index < -0.39 is 0 Å². The van der Waals surface area contributed by atoms with Gasteiger partial charge in [0, 0.05) is 0 Å². The molecule has 1 rings (SSSR count). The third-order valence-corrected chi connectivity index (χ3v) is 2.01. The van der Waals surface area contributed by atoms with Gasteiger partial charge in [-0.2, -0.15) is 0 Å². The van der Waals surface area contributed by atoms with E-state index >= 15 is 0 Å². The van der Waals surface area contributed by atoms with E-state index in [1.807, 2.05) is 0 Å². The van der Waals surface area contributed by atoms with Crippen LogP contribution >= 0.6 is 0 Å². The van der Waals surface area contributed by atoms with Crippen LogP contribution in [0.4, 0.5) is 0 Å². The molecule has 0 radical (unpaired) electrons. The lowest BCUT2D eigenvalue weighted by Gasteiger charge is -2.23. The topological polar surface area (TPSA) is 84.6 Å². The van der Waals surface area contributed by atoms with Gasteiger partial charge in [0.1, 0.15) is 0 Å². The molecule has 2 atom stereocenters. The van der Waals surface area contributed by atoms with Gasteiger partial charge in [0.05, 0.1) is 12.1 Å². The van der Waals surface area contributed by atoms with Crippen molar-refractivity contribution in [1.82, 2.24) is 0 Å². The van der Waals surface area contributed by atoms with Gasteiger partial charge in [-0.25, -0.2) is 4.99 Å². The van der Waals surface area contributed by atoms with Gasteiger partial charge in [-0.15, -0.1) is 0 Å². The van der Waals surface area contributed by atoms with Crippen LogP contribution in [0.25, 0.3) is 0 Å². The van der Waals surface area contributed by atoms with E-state index in [1.165, 1.54) is 0 Å². The lowest BCUT2D eigenvalue weighted by molar-refractivity contribution is 0.109. The summed E-state index contributed by atoms with van der Waals surface area (Å²) in [6.07, 6.45) is 3.57. The first kappa shape index (κ1) is 8.33. The maximum absolute atomic E-state index is 9.40. The molecule has 0 bridgehead atoms. The van der Waals surface area contributed by atoms with Crippen LogP contribution in [0.15, 0.2) is 4.99 Å². The summed E-state index contributed by atoms with van der Waals surface area (Å²) in [4.78, 5) is 3.94. The van der Waals surface area contributed by atoms with Crippen LogP contribution in [0, 0.1) is 0 Å². The van der Waals surface area contributed by atoms with Crippen LogP contribution in [0.1, 0.15) is 25.7 Å². The summed E-state index contributed by atoms with van der Waals surface area (Å²) in [5, 5.41) is 9.40. The Labute approximate surface area is 66.3 Å². The second-order valence-electron chi connectivity index (χ2n) is 2.97. The maximum Gasteiger partial charge on any atom is 0.186 e. The minimum absolute atomic E-state index is 0.0613. The Bertz CT molecular complexity index is 154. The van der Waals surface area contributed by atoms with Gasteiger partial charge in [-0.05, 0) is 12.8 Å². The summed E-state index contributed by atoms with van der Waals surface area (Å²) in [6, 6.07) is -0.0613. The number of aliphatic imine (C=N–C) groups is 1. The summed E-state index contributed by atoms with van der Waals surface area (Å²) < 4.78 is 0. The summed E-state index contributed by atoms with van der Waals surface area (Å²) >= 11 is 0. The molecule has 5 N–H and O–H groups in total. The van der Waals surface area contributed by atoms with E-state index in [9.17, 15) is 5.11 Å². The first-order valence-corrected chi connectivity index (χ1v) is 3.97. The number of aliphatic hydroxyl groups excluding tert-OH is 1. The lowest BCUT2D eigenvalue weighted by atomic mass is 9.93. The molecule has 0 aromatic rings. The molecule has 1 fully saturated rings. The fourth-order valence-electron chi connectivity index (χ4n) is 1.43. The van der Waals surface area contributed by atoms with Crippen molar-refractivity contribution in [2.45, 2.75) is 37.8 Å². The molecular weight excluding hydrogens is 142 g/mol. The third-order valence-electron chi connectivity index (χ3n) is 2.01. The van der Waals surface area contributed by atoms with Crippen molar-refractivity contribution in [2.75, 3.05) is 0 Å². The van der Waals surface area contributed by atoms with E-state index in [-0.39, 0.29) is 18.1 Å². The molecule has 0 heterocycles. The first-order valence-electron chi connectivity index (χ1n) is 3.97. The predicted molar refractivity (Wildman–Crippen MR) is 44.1 cm³/mol. The van der Waals surface area contributed by atoms with E-state index in [0.29, 0.717) is 0 Å². The normalized spacial score (nSPS) is 31.4. The molecule has 0 saturated heterocycles. The fraction of sp³-hybridized carbons (Fsp3) is 0.857. The van der Waals surface area contributed by atoms with Crippen molar-refractivity contribution in [3.8, 4) is 0 Å². The summed E-state index contributed by atoms with van der Waals surface area (Å²) in [5.74, 6) is 0.0796. The minimum atomic E-state index is -0.342. The van der Waals surface area contributed by atoms with E-state index in [4.69, 9.17) is 11.5 Å². The molecule has 4 heteroatoms. The quantitative estimate of drug-likeness (QED) is 0.356. The van der Waals surface area contributed by atoms with Gasteiger partial charge < -0.3 is 16.6 Å². The summed E-state index contributed by atoms with van der Waals surface area (Å²) in [7, 11) is 0. The molecule has 11 heavy (non-hydrogen) atoms. The maximum atomic E-state index is 9.40. The Balaban J connectivity index is 2.48. The highest BCUT2D eigenvalue weighted by Crippen LogP contribution is 2.20. The van der Waals surface area contributed by atoms with Crippen molar-refractivity contribution in [1.29, 1.82) is 0 Å². The number of nitrogens with two attached hydrogens (primary N) is 2. The average Bonchev–Trinajstić information content (AvgIpc) is 1.93. The third kappa shape index (κ3) is 2.38. The summed E-state index contributed by atoms with van der Waals surface area (Å²) in [6.45, 7) is 0. The van der Waals surface area contributed by atoms with Gasteiger partial charge in [-0.1, -0.05) is 12.8 Å². The van der Waals surface area contributed by atoms with Crippen molar-refractivity contribution in [2.24, 2.45) is 16.5 Å². The van der Waals surface area contributed by atoms with Crippen molar-refractivity contribution >= 4 is 5.96 Å². The summed E-state index contributed by atoms with van der Waals surface area (Å²) in [5.41, 5.74) is 10.4. The number of nitrogens with zero attached hydrogens (tertiary/aromatic N) is 1. The number of hydrogen-bond donors (Lipinski definition) is 3. The molecule has 1 aliphatic carbocycles. The van der Waals surface area contributed by atoms with Gasteiger partial charge >= 0.3 is 0 Å². The zero-order valence-electron chi connectivity index (χ0n) is 6.53. The fourth-order valence-corrected chi connectivity index (χ4v) is 1.43. The van der Waals surface area contributed by atoms with Gasteiger partial charge in [0.15, 0.2) is 5.96 Å². The molecule has 0 aromatic carbocycles. The van der Waals surface area contributed by atoms with Crippen LogP contribution < -0.4 is 11.5 Å². The SMILES string of the molecule is NC(N)=NC1CCCCC1O. The van der Waals surface area contributed by atoms with Gasteiger partial charge in [0.25, 0.3) is 0 Å². The Hall–Kier alpha value is -0.770. The highest BCUT2D eigenvalue weighted by molar-refractivity contribution is 5.75. The van der Waals surface area contributed by atoms with Crippen LogP contribution in [0.2, 0.25) is 0 Å². The Morgan fingerprint density at radius 3 is 2.45 bits per heavy atom. The van der Waals surface area contributed by atoms with E-state index in [2.05, 4.69) is 4.99 Å². The lowest BCUT2D eigenvalue weighted by Crippen LogP contribution is -2.33. The predicted octanol–water partition coefficient (Wildman–Crippen LogP) is -0.437. The van der Waals surface area contributed by atoms with Crippen LogP contribution in [-0.4, -0.2) is 23.2 Å². The highest BCUT2D eigenvalue weighted by Gasteiger charge is 2.21. The number of aliphatic hydroxyl groups is 1. The average molecular weight is 157 g/mol. The molecule has 1 saturated carbocycles. The molecule has 0 aromatic heterocycles. The van der Waals surface area contributed by atoms with E-state index in [0.717, 1.165) is 25.7 Å². The minimum Gasteiger partial charge on any atom is -0.391 e. The smallest absolute Gasteiger partial charge is 0.186 e. The highest BCUT2D eigenvalue weighted by atomic mass is 16.3. The molecular formula is C7H15N3O. The zero-order valence-corrected chi connectivity index (χ0v) is 6.53. The number of rotatable bonds is 1. The first-order chi connectivity index (χ1) is 5.20. The second-order valence-corrected chi connectivity index (χ2v) is 2.97. The molecule has 0 aliphatic heterocycles. The Morgan fingerprint density at radius 1 is 1.27 bits per heavy atom. The molecule has 1 aliphatic rings.